The third-order valence-corrected chi connectivity index (χ3v) is 3.85. The zero-order chi connectivity index (χ0) is 13.9. The van der Waals surface area contributed by atoms with Gasteiger partial charge in [0.05, 0.1) is 0 Å². The number of aromatic nitrogens is 3. The molecule has 1 unspecified atom stereocenters. The third kappa shape index (κ3) is 3.25. The number of nitrogens with zero attached hydrogens (tertiary/aromatic N) is 3. The molecule has 2 N–H and O–H groups in total. The molecule has 2 rings (SSSR count). The number of H-pyrrole nitrogens is 1. The van der Waals surface area contributed by atoms with Gasteiger partial charge in [-0.1, -0.05) is 0 Å². The molecule has 1 aromatic heterocycles. The molecular formula is C13H25N5O. The Morgan fingerprint density at radius 1 is 1.53 bits per heavy atom. The van der Waals surface area contributed by atoms with Crippen molar-refractivity contribution in [3.8, 4) is 0 Å². The van der Waals surface area contributed by atoms with Crippen molar-refractivity contribution in [2.24, 2.45) is 5.92 Å². The Labute approximate surface area is 114 Å². The van der Waals surface area contributed by atoms with Gasteiger partial charge in [0.15, 0.2) is 5.82 Å². The Balaban J connectivity index is 2.06. The van der Waals surface area contributed by atoms with Crippen LogP contribution in [0.3, 0.4) is 0 Å². The van der Waals surface area contributed by atoms with Crippen molar-refractivity contribution in [2.45, 2.75) is 32.3 Å². The Morgan fingerprint density at radius 3 is 3.00 bits per heavy atom. The molecule has 1 aliphatic rings. The number of aromatic amines is 1. The maximum Gasteiger partial charge on any atom is 0.244 e. The van der Waals surface area contributed by atoms with Crippen LogP contribution >= 0.6 is 0 Å². The smallest absolute Gasteiger partial charge is 0.244 e. The van der Waals surface area contributed by atoms with E-state index in [0.29, 0.717) is 5.92 Å². The van der Waals surface area contributed by atoms with Gasteiger partial charge in [0.1, 0.15) is 5.60 Å². The van der Waals surface area contributed by atoms with Crippen LogP contribution < -0.4 is 10.2 Å². The highest BCUT2D eigenvalue weighted by Crippen LogP contribution is 2.24. The third-order valence-electron chi connectivity index (χ3n) is 3.85. The first-order valence-electron chi connectivity index (χ1n) is 6.94. The first-order valence-corrected chi connectivity index (χ1v) is 6.94. The summed E-state index contributed by atoms with van der Waals surface area (Å²) in [6.45, 7) is 7.07. The van der Waals surface area contributed by atoms with Crippen LogP contribution in [0.5, 0.6) is 0 Å². The quantitative estimate of drug-likeness (QED) is 0.837. The van der Waals surface area contributed by atoms with Gasteiger partial charge in [-0.15, -0.1) is 5.10 Å². The molecule has 0 amide bonds. The predicted octanol–water partition coefficient (Wildman–Crippen LogP) is 1.12. The van der Waals surface area contributed by atoms with E-state index in [1.807, 2.05) is 20.9 Å². The van der Waals surface area contributed by atoms with Crippen molar-refractivity contribution < 1.29 is 4.74 Å². The molecule has 6 heteroatoms. The van der Waals surface area contributed by atoms with E-state index >= 15 is 0 Å². The highest BCUT2D eigenvalue weighted by Gasteiger charge is 2.27. The molecule has 1 aromatic rings. The topological polar surface area (TPSA) is 66.1 Å². The highest BCUT2D eigenvalue weighted by molar-refractivity contribution is 5.30. The molecule has 0 radical (unpaired) electrons. The molecule has 1 saturated heterocycles. The molecule has 2 heterocycles. The molecular weight excluding hydrogens is 242 g/mol. The van der Waals surface area contributed by atoms with Gasteiger partial charge in [-0.2, -0.15) is 4.98 Å². The van der Waals surface area contributed by atoms with Crippen molar-refractivity contribution in [1.29, 1.82) is 0 Å². The summed E-state index contributed by atoms with van der Waals surface area (Å²) >= 11 is 0. The van der Waals surface area contributed by atoms with E-state index < -0.39 is 5.60 Å². The molecule has 1 fully saturated rings. The lowest BCUT2D eigenvalue weighted by molar-refractivity contribution is 0.0118. The summed E-state index contributed by atoms with van der Waals surface area (Å²) in [5.74, 6) is 2.25. The summed E-state index contributed by atoms with van der Waals surface area (Å²) in [7, 11) is 3.69. The van der Waals surface area contributed by atoms with Crippen LogP contribution in [0.25, 0.3) is 0 Å². The van der Waals surface area contributed by atoms with Gasteiger partial charge in [0.25, 0.3) is 0 Å². The Bertz CT molecular complexity index is 401. The minimum absolute atomic E-state index is 0.425. The van der Waals surface area contributed by atoms with Gasteiger partial charge in [0, 0.05) is 20.2 Å². The second kappa shape index (κ2) is 5.88. The van der Waals surface area contributed by atoms with Crippen molar-refractivity contribution in [3.05, 3.63) is 5.82 Å². The van der Waals surface area contributed by atoms with E-state index in [0.717, 1.165) is 31.4 Å². The van der Waals surface area contributed by atoms with Crippen LogP contribution in [0, 0.1) is 5.92 Å². The van der Waals surface area contributed by atoms with Gasteiger partial charge in [-0.25, -0.2) is 0 Å². The molecule has 0 bridgehead atoms. The lowest BCUT2D eigenvalue weighted by atomic mass is 9.98. The minimum atomic E-state index is -0.425. The molecule has 0 spiro atoms. The summed E-state index contributed by atoms with van der Waals surface area (Å²) in [5.41, 5.74) is -0.425. The Hall–Kier alpha value is -1.14. The van der Waals surface area contributed by atoms with Crippen molar-refractivity contribution in [2.75, 3.05) is 38.7 Å². The van der Waals surface area contributed by atoms with Gasteiger partial charge in [-0.3, -0.25) is 5.10 Å². The average Bonchev–Trinajstić information content (AvgIpc) is 2.90. The van der Waals surface area contributed by atoms with E-state index in [-0.39, 0.29) is 0 Å². The molecule has 0 aromatic carbocycles. The van der Waals surface area contributed by atoms with Crippen molar-refractivity contribution >= 4 is 5.95 Å². The predicted molar refractivity (Wildman–Crippen MR) is 75.3 cm³/mol. The molecule has 6 nitrogen and oxygen atoms in total. The SMILES string of the molecule is CNCC1CCCN(c2n[nH]c(C(C)(C)OC)n2)C1. The van der Waals surface area contributed by atoms with Crippen LogP contribution in [0.4, 0.5) is 5.95 Å². The first kappa shape index (κ1) is 14.3. The number of methoxy groups -OCH3 is 1. The molecule has 108 valence electrons. The number of nitrogens with one attached hydrogen (secondary N) is 2. The second-order valence-electron chi connectivity index (χ2n) is 5.71. The maximum atomic E-state index is 5.42. The summed E-state index contributed by atoms with van der Waals surface area (Å²) in [6.07, 6.45) is 2.47. The van der Waals surface area contributed by atoms with E-state index in [9.17, 15) is 0 Å². The van der Waals surface area contributed by atoms with E-state index in [2.05, 4.69) is 25.4 Å². The van der Waals surface area contributed by atoms with E-state index in [1.54, 1.807) is 7.11 Å². The van der Waals surface area contributed by atoms with Crippen molar-refractivity contribution in [3.63, 3.8) is 0 Å². The fourth-order valence-electron chi connectivity index (χ4n) is 2.46. The average molecular weight is 267 g/mol. The number of rotatable bonds is 5. The summed E-state index contributed by atoms with van der Waals surface area (Å²) in [5, 5.41) is 10.6. The summed E-state index contributed by atoms with van der Waals surface area (Å²) in [4.78, 5) is 6.85. The number of hydrogen-bond acceptors (Lipinski definition) is 5. The van der Waals surface area contributed by atoms with E-state index in [1.165, 1.54) is 12.8 Å². The molecule has 19 heavy (non-hydrogen) atoms. The molecule has 0 saturated carbocycles. The zero-order valence-electron chi connectivity index (χ0n) is 12.4. The fourth-order valence-corrected chi connectivity index (χ4v) is 2.46. The van der Waals surface area contributed by atoms with Crippen LogP contribution in [-0.2, 0) is 10.3 Å². The van der Waals surface area contributed by atoms with Crippen molar-refractivity contribution in [1.82, 2.24) is 20.5 Å². The van der Waals surface area contributed by atoms with Gasteiger partial charge in [-0.05, 0) is 46.2 Å². The van der Waals surface area contributed by atoms with Gasteiger partial charge in [0.2, 0.25) is 5.95 Å². The minimum Gasteiger partial charge on any atom is -0.371 e. The number of anilines is 1. The lowest BCUT2D eigenvalue weighted by Crippen LogP contribution is -2.39. The normalized spacial score (nSPS) is 20.8. The highest BCUT2D eigenvalue weighted by atomic mass is 16.5. The maximum absolute atomic E-state index is 5.42. The van der Waals surface area contributed by atoms with E-state index in [4.69, 9.17) is 4.74 Å². The van der Waals surface area contributed by atoms with Crippen LogP contribution in [-0.4, -0.2) is 49.0 Å². The van der Waals surface area contributed by atoms with Crippen LogP contribution in [0.2, 0.25) is 0 Å². The van der Waals surface area contributed by atoms with Gasteiger partial charge < -0.3 is 15.0 Å². The Kier molecular flexibility index (Phi) is 4.42. The summed E-state index contributed by atoms with van der Waals surface area (Å²) in [6, 6.07) is 0. The first-order chi connectivity index (χ1) is 9.06. The zero-order valence-corrected chi connectivity index (χ0v) is 12.4. The monoisotopic (exact) mass is 267 g/mol. The van der Waals surface area contributed by atoms with Gasteiger partial charge >= 0.3 is 0 Å². The molecule has 1 atom stereocenters. The standard InChI is InChI=1S/C13H25N5O/c1-13(2,19-4)11-15-12(17-16-11)18-7-5-6-10(9-18)8-14-3/h10,14H,5-9H2,1-4H3,(H,15,16,17). The number of ether oxygens (including phenoxy) is 1. The fraction of sp³-hybridized carbons (Fsp3) is 0.846. The number of hydrogen-bond donors (Lipinski definition) is 2. The van der Waals surface area contributed by atoms with Crippen LogP contribution in [0.15, 0.2) is 0 Å². The number of piperidine rings is 1. The second-order valence-corrected chi connectivity index (χ2v) is 5.71. The largest absolute Gasteiger partial charge is 0.371 e. The molecule has 0 aliphatic carbocycles. The Morgan fingerprint density at radius 2 is 2.32 bits per heavy atom. The molecule has 1 aliphatic heterocycles. The van der Waals surface area contributed by atoms with Crippen LogP contribution in [0.1, 0.15) is 32.5 Å². The lowest BCUT2D eigenvalue weighted by Gasteiger charge is -2.31. The summed E-state index contributed by atoms with van der Waals surface area (Å²) < 4.78 is 5.42.